The maximum absolute atomic E-state index is 11.2. The van der Waals surface area contributed by atoms with Crippen LogP contribution in [0.5, 0.6) is 0 Å². The molecule has 0 saturated carbocycles. The minimum absolute atomic E-state index is 0.0231. The van der Waals surface area contributed by atoms with Gasteiger partial charge in [-0.2, -0.15) is 0 Å². The van der Waals surface area contributed by atoms with Crippen molar-refractivity contribution in [2.45, 2.75) is 90.6 Å². The molecular formula is C20H34O6. The van der Waals surface area contributed by atoms with Crippen molar-refractivity contribution in [2.24, 2.45) is 0 Å². The second-order valence-electron chi connectivity index (χ2n) is 6.65. The van der Waals surface area contributed by atoms with Crippen LogP contribution in [0, 0.1) is 0 Å². The van der Waals surface area contributed by atoms with Crippen molar-refractivity contribution in [3.8, 4) is 0 Å². The third-order valence-corrected chi connectivity index (χ3v) is 4.17. The molecule has 1 aliphatic rings. The third kappa shape index (κ3) is 10.6. The fourth-order valence-corrected chi connectivity index (χ4v) is 2.79. The zero-order valence-electron chi connectivity index (χ0n) is 16.4. The quantitative estimate of drug-likeness (QED) is 0.278. The standard InChI is InChI=1S/C20H34O6/c1-4-5-6-7-8-9-10-11-14-23-20-13-12-18(25-17(3)22)19(26-20)15-24-16(2)21/h12-13,18-20H,4-11,14-15H2,1-3H3. The first-order valence-electron chi connectivity index (χ1n) is 9.79. The molecule has 1 rings (SSSR count). The Morgan fingerprint density at radius 1 is 0.923 bits per heavy atom. The molecule has 0 aromatic carbocycles. The molecule has 0 amide bonds. The van der Waals surface area contributed by atoms with Crippen molar-refractivity contribution in [3.05, 3.63) is 12.2 Å². The molecular weight excluding hydrogens is 336 g/mol. The maximum Gasteiger partial charge on any atom is 0.303 e. The van der Waals surface area contributed by atoms with Crippen molar-refractivity contribution in [1.82, 2.24) is 0 Å². The molecule has 150 valence electrons. The number of hydrogen-bond donors (Lipinski definition) is 0. The van der Waals surface area contributed by atoms with E-state index in [-0.39, 0.29) is 6.61 Å². The van der Waals surface area contributed by atoms with Gasteiger partial charge in [0.05, 0.1) is 6.61 Å². The molecule has 1 aliphatic heterocycles. The molecule has 0 fully saturated rings. The van der Waals surface area contributed by atoms with E-state index in [4.69, 9.17) is 18.9 Å². The van der Waals surface area contributed by atoms with Gasteiger partial charge in [0, 0.05) is 13.8 Å². The molecule has 0 spiro atoms. The lowest BCUT2D eigenvalue weighted by atomic mass is 10.1. The predicted octanol–water partition coefficient (Wildman–Crippen LogP) is 3.92. The van der Waals surface area contributed by atoms with Crippen LogP contribution in [0.2, 0.25) is 0 Å². The number of rotatable bonds is 13. The number of esters is 2. The maximum atomic E-state index is 11.2. The fourth-order valence-electron chi connectivity index (χ4n) is 2.79. The van der Waals surface area contributed by atoms with Gasteiger partial charge >= 0.3 is 11.9 Å². The summed E-state index contributed by atoms with van der Waals surface area (Å²) in [5, 5.41) is 0. The number of hydrogen-bond acceptors (Lipinski definition) is 6. The smallest absolute Gasteiger partial charge is 0.303 e. The lowest BCUT2D eigenvalue weighted by Crippen LogP contribution is -2.42. The van der Waals surface area contributed by atoms with Crippen LogP contribution < -0.4 is 0 Å². The third-order valence-electron chi connectivity index (χ3n) is 4.17. The van der Waals surface area contributed by atoms with E-state index in [1.165, 1.54) is 52.4 Å². The van der Waals surface area contributed by atoms with E-state index in [0.29, 0.717) is 6.61 Å². The zero-order valence-corrected chi connectivity index (χ0v) is 16.4. The number of unbranched alkanes of at least 4 members (excludes halogenated alkanes) is 7. The molecule has 0 aliphatic carbocycles. The fraction of sp³-hybridized carbons (Fsp3) is 0.800. The van der Waals surface area contributed by atoms with Gasteiger partial charge < -0.3 is 18.9 Å². The Bertz CT molecular complexity index is 434. The summed E-state index contributed by atoms with van der Waals surface area (Å²) in [5.41, 5.74) is 0. The van der Waals surface area contributed by atoms with Gasteiger partial charge in [0.1, 0.15) is 18.8 Å². The van der Waals surface area contributed by atoms with E-state index in [0.717, 1.165) is 12.8 Å². The topological polar surface area (TPSA) is 71.1 Å². The van der Waals surface area contributed by atoms with Crippen LogP contribution in [0.4, 0.5) is 0 Å². The van der Waals surface area contributed by atoms with Crippen LogP contribution in [-0.4, -0.2) is 43.7 Å². The van der Waals surface area contributed by atoms with Crippen LogP contribution in [-0.2, 0) is 28.5 Å². The first kappa shape index (κ1) is 22.6. The van der Waals surface area contributed by atoms with Crippen LogP contribution in [0.3, 0.4) is 0 Å². The number of carbonyl (C=O) groups is 2. The van der Waals surface area contributed by atoms with E-state index in [2.05, 4.69) is 6.92 Å². The second-order valence-corrected chi connectivity index (χ2v) is 6.65. The highest BCUT2D eigenvalue weighted by Gasteiger charge is 2.30. The lowest BCUT2D eigenvalue weighted by molar-refractivity contribution is -0.197. The van der Waals surface area contributed by atoms with Crippen LogP contribution >= 0.6 is 0 Å². The number of ether oxygens (including phenoxy) is 4. The normalized spacial score (nSPS) is 22.2. The molecule has 0 bridgehead atoms. The van der Waals surface area contributed by atoms with E-state index < -0.39 is 30.4 Å². The average Bonchev–Trinajstić information content (AvgIpc) is 2.59. The van der Waals surface area contributed by atoms with Gasteiger partial charge in [-0.05, 0) is 18.6 Å². The first-order valence-corrected chi connectivity index (χ1v) is 9.79. The predicted molar refractivity (Wildman–Crippen MR) is 98.6 cm³/mol. The molecule has 0 aromatic rings. The molecule has 3 unspecified atom stereocenters. The summed E-state index contributed by atoms with van der Waals surface area (Å²) in [5.74, 6) is -0.810. The first-order chi connectivity index (χ1) is 12.5. The van der Waals surface area contributed by atoms with Crippen LogP contribution in [0.15, 0.2) is 12.2 Å². The van der Waals surface area contributed by atoms with Crippen molar-refractivity contribution in [3.63, 3.8) is 0 Å². The van der Waals surface area contributed by atoms with Gasteiger partial charge in [-0.3, -0.25) is 9.59 Å². The van der Waals surface area contributed by atoms with Gasteiger partial charge in [0.25, 0.3) is 0 Å². The highest BCUT2D eigenvalue weighted by Crippen LogP contribution is 2.18. The van der Waals surface area contributed by atoms with Gasteiger partial charge in [-0.1, -0.05) is 51.9 Å². The van der Waals surface area contributed by atoms with Crippen LogP contribution in [0.1, 0.15) is 72.1 Å². The summed E-state index contributed by atoms with van der Waals surface area (Å²) in [6.45, 7) is 5.53. The van der Waals surface area contributed by atoms with Crippen molar-refractivity contribution in [1.29, 1.82) is 0 Å². The van der Waals surface area contributed by atoms with Crippen molar-refractivity contribution in [2.75, 3.05) is 13.2 Å². The summed E-state index contributed by atoms with van der Waals surface area (Å²) in [6.07, 6.45) is 11.7. The van der Waals surface area contributed by atoms with E-state index >= 15 is 0 Å². The molecule has 6 heteroatoms. The van der Waals surface area contributed by atoms with E-state index in [1.54, 1.807) is 12.2 Å². The van der Waals surface area contributed by atoms with Gasteiger partial charge in [-0.15, -0.1) is 0 Å². The lowest BCUT2D eigenvalue weighted by Gasteiger charge is -2.31. The molecule has 0 radical (unpaired) electrons. The van der Waals surface area contributed by atoms with Crippen LogP contribution in [0.25, 0.3) is 0 Å². The molecule has 3 atom stereocenters. The van der Waals surface area contributed by atoms with Gasteiger partial charge in [-0.25, -0.2) is 0 Å². The molecule has 0 aromatic heterocycles. The Kier molecular flexibility index (Phi) is 12.0. The SMILES string of the molecule is CCCCCCCCCCOC1C=CC(OC(C)=O)C(COC(C)=O)O1. The molecule has 6 nitrogen and oxygen atoms in total. The highest BCUT2D eigenvalue weighted by molar-refractivity contribution is 5.66. The van der Waals surface area contributed by atoms with Gasteiger partial charge in [0.2, 0.25) is 0 Å². The summed E-state index contributed by atoms with van der Waals surface area (Å²) in [4.78, 5) is 22.2. The number of carbonyl (C=O) groups excluding carboxylic acids is 2. The molecule has 26 heavy (non-hydrogen) atoms. The molecule has 1 heterocycles. The highest BCUT2D eigenvalue weighted by atomic mass is 16.7. The molecule has 0 saturated heterocycles. The van der Waals surface area contributed by atoms with Gasteiger partial charge in [0.15, 0.2) is 6.29 Å². The Balaban J connectivity index is 2.25. The minimum Gasteiger partial charge on any atom is -0.463 e. The average molecular weight is 370 g/mol. The largest absolute Gasteiger partial charge is 0.463 e. The summed E-state index contributed by atoms with van der Waals surface area (Å²) < 4.78 is 21.7. The summed E-state index contributed by atoms with van der Waals surface area (Å²) in [7, 11) is 0. The Morgan fingerprint density at radius 3 is 2.19 bits per heavy atom. The van der Waals surface area contributed by atoms with Crippen molar-refractivity contribution < 1.29 is 28.5 Å². The Hall–Kier alpha value is -1.40. The summed E-state index contributed by atoms with van der Waals surface area (Å²) >= 11 is 0. The van der Waals surface area contributed by atoms with E-state index in [1.807, 2.05) is 0 Å². The summed E-state index contributed by atoms with van der Waals surface area (Å²) in [6, 6.07) is 0. The Labute approximate surface area is 157 Å². The zero-order chi connectivity index (χ0) is 19.2. The molecule has 0 N–H and O–H groups in total. The van der Waals surface area contributed by atoms with E-state index in [9.17, 15) is 9.59 Å². The monoisotopic (exact) mass is 370 g/mol. The Morgan fingerprint density at radius 2 is 1.58 bits per heavy atom. The second kappa shape index (κ2) is 13.8. The minimum atomic E-state index is -0.574. The van der Waals surface area contributed by atoms with Crippen molar-refractivity contribution >= 4 is 11.9 Å².